The van der Waals surface area contributed by atoms with Gasteiger partial charge in [-0.25, -0.2) is 4.79 Å². The quantitative estimate of drug-likeness (QED) is 0.355. The number of hydrogen-bond donors (Lipinski definition) is 2. The Kier molecular flexibility index (Phi) is 11.7. The molecule has 0 saturated heterocycles. The van der Waals surface area contributed by atoms with Crippen molar-refractivity contribution < 1.29 is 38.1 Å². The van der Waals surface area contributed by atoms with E-state index in [1.165, 1.54) is 6.92 Å². The van der Waals surface area contributed by atoms with E-state index >= 15 is 0 Å². The standard InChI is InChI=1S/C23H34N2O8/c1-14(2)11-18(25-20(26)13-30-19-10-8-7-9-16(19)5)22(28)24-12-21(27)32-17(6)33-23(29)31-15(3)4/h7-10,14-15,17-18H,11-13H2,1-6H3,(H,24,28)(H,25,26)/t17?,18-/m0/s1. The smallest absolute Gasteiger partial charge is 0.484 e. The van der Waals surface area contributed by atoms with Crippen LogP contribution < -0.4 is 15.4 Å². The van der Waals surface area contributed by atoms with E-state index in [9.17, 15) is 19.2 Å². The van der Waals surface area contributed by atoms with Crippen LogP contribution in [0.25, 0.3) is 0 Å². The van der Waals surface area contributed by atoms with E-state index in [0.29, 0.717) is 12.2 Å². The molecule has 184 valence electrons. The van der Waals surface area contributed by atoms with Crippen LogP contribution in [0.15, 0.2) is 24.3 Å². The number of para-hydroxylation sites is 1. The molecule has 1 aromatic carbocycles. The van der Waals surface area contributed by atoms with Gasteiger partial charge in [0.1, 0.15) is 18.3 Å². The number of esters is 1. The fourth-order valence-corrected chi connectivity index (χ4v) is 2.69. The molecule has 2 atom stereocenters. The molecule has 0 aromatic heterocycles. The number of ether oxygens (including phenoxy) is 4. The van der Waals surface area contributed by atoms with Crippen LogP contribution in [0.3, 0.4) is 0 Å². The van der Waals surface area contributed by atoms with Gasteiger partial charge in [-0.2, -0.15) is 0 Å². The molecule has 0 bridgehead atoms. The minimum Gasteiger partial charge on any atom is -0.484 e. The van der Waals surface area contributed by atoms with E-state index in [1.807, 2.05) is 32.9 Å². The molecule has 33 heavy (non-hydrogen) atoms. The van der Waals surface area contributed by atoms with Crippen LogP contribution in [0.5, 0.6) is 5.75 Å². The number of rotatable bonds is 12. The van der Waals surface area contributed by atoms with Gasteiger partial charge in [0.05, 0.1) is 6.10 Å². The predicted molar refractivity (Wildman–Crippen MR) is 119 cm³/mol. The SMILES string of the molecule is Cc1ccccc1OCC(=O)N[C@@H](CC(C)C)C(=O)NCC(=O)OC(C)OC(=O)OC(C)C. The molecule has 0 fully saturated rings. The highest BCUT2D eigenvalue weighted by atomic mass is 16.8. The number of hydrogen-bond acceptors (Lipinski definition) is 8. The number of carbonyl (C=O) groups excluding carboxylic acids is 4. The summed E-state index contributed by atoms with van der Waals surface area (Å²) in [4.78, 5) is 48.2. The first kappa shape index (κ1) is 27.7. The van der Waals surface area contributed by atoms with Gasteiger partial charge in [0.2, 0.25) is 12.2 Å². The number of benzene rings is 1. The van der Waals surface area contributed by atoms with Gasteiger partial charge >= 0.3 is 12.1 Å². The molecule has 1 unspecified atom stereocenters. The second-order valence-corrected chi connectivity index (χ2v) is 8.11. The molecule has 0 saturated carbocycles. The van der Waals surface area contributed by atoms with E-state index < -0.39 is 42.8 Å². The van der Waals surface area contributed by atoms with Gasteiger partial charge < -0.3 is 29.6 Å². The Bertz CT molecular complexity index is 809. The summed E-state index contributed by atoms with van der Waals surface area (Å²) >= 11 is 0. The number of amides is 2. The van der Waals surface area contributed by atoms with Gasteiger partial charge in [-0.05, 0) is 44.7 Å². The zero-order valence-electron chi connectivity index (χ0n) is 20.0. The minimum absolute atomic E-state index is 0.102. The third-order valence-electron chi connectivity index (χ3n) is 4.11. The maximum Gasteiger partial charge on any atom is 0.511 e. The second-order valence-electron chi connectivity index (χ2n) is 8.11. The lowest BCUT2D eigenvalue weighted by Gasteiger charge is -2.20. The van der Waals surface area contributed by atoms with Crippen LogP contribution in [0.2, 0.25) is 0 Å². The van der Waals surface area contributed by atoms with Gasteiger partial charge in [-0.1, -0.05) is 32.0 Å². The molecule has 0 aliphatic heterocycles. The molecule has 10 heteroatoms. The van der Waals surface area contributed by atoms with Crippen molar-refractivity contribution in [3.8, 4) is 5.75 Å². The van der Waals surface area contributed by atoms with Crippen molar-refractivity contribution in [1.29, 1.82) is 0 Å². The first-order chi connectivity index (χ1) is 15.5. The molecular formula is C23H34N2O8. The van der Waals surface area contributed by atoms with Crippen LogP contribution in [-0.4, -0.2) is 55.5 Å². The molecular weight excluding hydrogens is 432 g/mol. The van der Waals surface area contributed by atoms with Crippen molar-refractivity contribution in [2.24, 2.45) is 5.92 Å². The van der Waals surface area contributed by atoms with Crippen molar-refractivity contribution in [3.63, 3.8) is 0 Å². The van der Waals surface area contributed by atoms with E-state index in [2.05, 4.69) is 10.6 Å². The maximum atomic E-state index is 12.6. The summed E-state index contributed by atoms with van der Waals surface area (Å²) in [5.74, 6) is -1.14. The normalized spacial score (nSPS) is 12.5. The van der Waals surface area contributed by atoms with Crippen molar-refractivity contribution in [3.05, 3.63) is 29.8 Å². The van der Waals surface area contributed by atoms with Gasteiger partial charge in [0.15, 0.2) is 6.61 Å². The molecule has 2 amide bonds. The molecule has 2 N–H and O–H groups in total. The van der Waals surface area contributed by atoms with Gasteiger partial charge in [0.25, 0.3) is 5.91 Å². The lowest BCUT2D eigenvalue weighted by atomic mass is 10.0. The average Bonchev–Trinajstić information content (AvgIpc) is 2.69. The highest BCUT2D eigenvalue weighted by Gasteiger charge is 2.23. The van der Waals surface area contributed by atoms with Crippen LogP contribution >= 0.6 is 0 Å². The molecule has 0 spiro atoms. The predicted octanol–water partition coefficient (Wildman–Crippen LogP) is 2.47. The first-order valence-corrected chi connectivity index (χ1v) is 10.8. The Morgan fingerprint density at radius 2 is 1.61 bits per heavy atom. The fourth-order valence-electron chi connectivity index (χ4n) is 2.69. The number of nitrogens with one attached hydrogen (secondary N) is 2. The van der Waals surface area contributed by atoms with Crippen molar-refractivity contribution in [2.75, 3.05) is 13.2 Å². The molecule has 1 rings (SSSR count). The Hall–Kier alpha value is -3.30. The average molecular weight is 467 g/mol. The van der Waals surface area contributed by atoms with Gasteiger partial charge in [0, 0.05) is 6.92 Å². The Balaban J connectivity index is 2.52. The summed E-state index contributed by atoms with van der Waals surface area (Å²) < 4.78 is 20.0. The second kappa shape index (κ2) is 14.0. The highest BCUT2D eigenvalue weighted by molar-refractivity contribution is 5.90. The van der Waals surface area contributed by atoms with Gasteiger partial charge in [-0.15, -0.1) is 0 Å². The van der Waals surface area contributed by atoms with Crippen LogP contribution in [-0.2, 0) is 28.6 Å². The summed E-state index contributed by atoms with van der Waals surface area (Å²) in [5, 5.41) is 5.06. The van der Waals surface area contributed by atoms with E-state index in [-0.39, 0.29) is 18.6 Å². The van der Waals surface area contributed by atoms with Crippen LogP contribution in [0, 0.1) is 12.8 Å². The minimum atomic E-state index is -1.19. The van der Waals surface area contributed by atoms with Crippen molar-refractivity contribution in [2.45, 2.75) is 66.4 Å². The monoisotopic (exact) mass is 466 g/mol. The highest BCUT2D eigenvalue weighted by Crippen LogP contribution is 2.15. The summed E-state index contributed by atoms with van der Waals surface area (Å²) in [6.45, 7) is 9.59. The molecule has 0 aliphatic carbocycles. The zero-order valence-corrected chi connectivity index (χ0v) is 20.0. The Morgan fingerprint density at radius 1 is 0.939 bits per heavy atom. The summed E-state index contributed by atoms with van der Waals surface area (Å²) in [5.41, 5.74) is 0.885. The number of aryl methyl sites for hydroxylation is 1. The summed E-state index contributed by atoms with van der Waals surface area (Å²) in [6.07, 6.45) is -2.18. The Morgan fingerprint density at radius 3 is 2.21 bits per heavy atom. The fraction of sp³-hybridized carbons (Fsp3) is 0.565. The molecule has 1 aromatic rings. The zero-order chi connectivity index (χ0) is 25.0. The van der Waals surface area contributed by atoms with Crippen molar-refractivity contribution >= 4 is 23.9 Å². The largest absolute Gasteiger partial charge is 0.511 e. The Labute approximate surface area is 194 Å². The van der Waals surface area contributed by atoms with Crippen molar-refractivity contribution in [1.82, 2.24) is 10.6 Å². The molecule has 0 aliphatic rings. The van der Waals surface area contributed by atoms with E-state index in [4.69, 9.17) is 18.9 Å². The molecule has 10 nitrogen and oxygen atoms in total. The summed E-state index contributed by atoms with van der Waals surface area (Å²) in [6, 6.07) is 6.41. The lowest BCUT2D eigenvalue weighted by Crippen LogP contribution is -2.49. The van der Waals surface area contributed by atoms with Gasteiger partial charge in [-0.3, -0.25) is 14.4 Å². The topological polar surface area (TPSA) is 129 Å². The first-order valence-electron chi connectivity index (χ1n) is 10.8. The lowest BCUT2D eigenvalue weighted by molar-refractivity contribution is -0.168. The maximum absolute atomic E-state index is 12.6. The molecule has 0 heterocycles. The summed E-state index contributed by atoms with van der Waals surface area (Å²) in [7, 11) is 0. The molecule has 0 radical (unpaired) electrons. The van der Waals surface area contributed by atoms with Crippen LogP contribution in [0.4, 0.5) is 4.79 Å². The number of carbonyl (C=O) groups is 4. The van der Waals surface area contributed by atoms with E-state index in [0.717, 1.165) is 5.56 Å². The third kappa shape index (κ3) is 11.8. The van der Waals surface area contributed by atoms with E-state index in [1.54, 1.807) is 26.0 Å². The van der Waals surface area contributed by atoms with Crippen LogP contribution in [0.1, 0.15) is 46.6 Å². The third-order valence-corrected chi connectivity index (χ3v) is 4.11.